The minimum Gasteiger partial charge on any atom is -0.286 e. The van der Waals surface area contributed by atoms with E-state index in [0.717, 1.165) is 22.1 Å². The van der Waals surface area contributed by atoms with Crippen LogP contribution in [0.3, 0.4) is 0 Å². The second-order valence-electron chi connectivity index (χ2n) is 6.44. The third-order valence-electron chi connectivity index (χ3n) is 4.73. The van der Waals surface area contributed by atoms with Crippen molar-refractivity contribution in [1.82, 2.24) is 25.1 Å². The Hall–Kier alpha value is -2.24. The molecule has 1 aliphatic rings. The zero-order valence-corrected chi connectivity index (χ0v) is 14.8. The zero-order valence-electron chi connectivity index (χ0n) is 14.1. The van der Waals surface area contributed by atoms with Gasteiger partial charge in [-0.3, -0.25) is 4.90 Å². The Morgan fingerprint density at radius 2 is 1.84 bits per heavy atom. The predicted molar refractivity (Wildman–Crippen MR) is 97.6 cm³/mol. The van der Waals surface area contributed by atoms with Crippen molar-refractivity contribution in [2.75, 3.05) is 0 Å². The predicted octanol–water partition coefficient (Wildman–Crippen LogP) is 4.04. The quantitative estimate of drug-likeness (QED) is 0.671. The second kappa shape index (κ2) is 6.94. The maximum Gasteiger partial charge on any atom is 0.170 e. The van der Waals surface area contributed by atoms with E-state index in [2.05, 4.69) is 33.4 Å². The molecule has 1 fully saturated rings. The first-order valence-electron chi connectivity index (χ1n) is 8.57. The van der Waals surface area contributed by atoms with Gasteiger partial charge < -0.3 is 0 Å². The van der Waals surface area contributed by atoms with Crippen LogP contribution < -0.4 is 0 Å². The Labute approximate surface area is 152 Å². The van der Waals surface area contributed by atoms with E-state index < -0.39 is 0 Å². The Morgan fingerprint density at radius 3 is 2.56 bits per heavy atom. The lowest BCUT2D eigenvalue weighted by Gasteiger charge is -2.29. The molecule has 1 heterocycles. The minimum atomic E-state index is 0.210. The number of hydrogen-bond acceptors (Lipinski definition) is 4. The van der Waals surface area contributed by atoms with Crippen LogP contribution in [0.1, 0.15) is 37.2 Å². The van der Waals surface area contributed by atoms with Gasteiger partial charge in [0.1, 0.15) is 0 Å². The fourth-order valence-corrected chi connectivity index (χ4v) is 3.51. The van der Waals surface area contributed by atoms with E-state index in [9.17, 15) is 0 Å². The Balaban J connectivity index is 1.62. The maximum atomic E-state index is 6.43. The summed E-state index contributed by atoms with van der Waals surface area (Å²) in [4.78, 5) is 2.45. The maximum absolute atomic E-state index is 6.43. The molecular weight excluding hydrogens is 334 g/mol. The van der Waals surface area contributed by atoms with Crippen molar-refractivity contribution < 1.29 is 0 Å². The fourth-order valence-electron chi connectivity index (χ4n) is 3.22. The summed E-state index contributed by atoms with van der Waals surface area (Å²) in [6, 6.07) is 18.8. The highest BCUT2D eigenvalue weighted by molar-refractivity contribution is 6.31. The standard InChI is InChI=1S/C19H20ClN5/c1-14(17-9-5-6-10-18(17)20)24(15-11-12-15)13-19-21-22-23-25(19)16-7-3-2-4-8-16/h2-10,14-15H,11-13H2,1H3. The lowest BCUT2D eigenvalue weighted by atomic mass is 10.1. The van der Waals surface area contributed by atoms with E-state index in [1.165, 1.54) is 12.8 Å². The van der Waals surface area contributed by atoms with E-state index in [0.29, 0.717) is 12.6 Å². The van der Waals surface area contributed by atoms with Crippen LogP contribution in [0.4, 0.5) is 0 Å². The summed E-state index contributed by atoms with van der Waals surface area (Å²) < 4.78 is 1.81. The lowest BCUT2D eigenvalue weighted by molar-refractivity contribution is 0.184. The summed E-state index contributed by atoms with van der Waals surface area (Å²) in [5.74, 6) is 0.844. The molecule has 1 aromatic heterocycles. The molecular formula is C19H20ClN5. The third-order valence-corrected chi connectivity index (χ3v) is 5.07. The number of rotatable bonds is 6. The topological polar surface area (TPSA) is 46.8 Å². The molecule has 1 unspecified atom stereocenters. The third kappa shape index (κ3) is 3.43. The normalized spacial score (nSPS) is 15.5. The summed E-state index contributed by atoms with van der Waals surface area (Å²) in [5.41, 5.74) is 2.12. The zero-order chi connectivity index (χ0) is 17.2. The monoisotopic (exact) mass is 353 g/mol. The van der Waals surface area contributed by atoms with E-state index in [-0.39, 0.29) is 6.04 Å². The van der Waals surface area contributed by atoms with Crippen LogP contribution in [-0.2, 0) is 6.54 Å². The fraction of sp³-hybridized carbons (Fsp3) is 0.316. The second-order valence-corrected chi connectivity index (χ2v) is 6.85. The molecule has 0 spiro atoms. The van der Waals surface area contributed by atoms with Crippen LogP contribution in [0.2, 0.25) is 5.02 Å². The summed E-state index contributed by atoms with van der Waals surface area (Å²) in [6.07, 6.45) is 2.42. The molecule has 0 N–H and O–H groups in total. The molecule has 0 saturated heterocycles. The van der Waals surface area contributed by atoms with Crippen molar-refractivity contribution in [3.05, 3.63) is 71.0 Å². The van der Waals surface area contributed by atoms with Crippen LogP contribution in [0.15, 0.2) is 54.6 Å². The highest BCUT2D eigenvalue weighted by Gasteiger charge is 2.34. The van der Waals surface area contributed by atoms with Crippen molar-refractivity contribution in [3.63, 3.8) is 0 Å². The van der Waals surface area contributed by atoms with Crippen LogP contribution in [0, 0.1) is 0 Å². The molecule has 0 bridgehead atoms. The molecule has 128 valence electrons. The van der Waals surface area contributed by atoms with Gasteiger partial charge in [-0.2, -0.15) is 4.68 Å². The van der Waals surface area contributed by atoms with E-state index in [4.69, 9.17) is 11.6 Å². The van der Waals surface area contributed by atoms with Gasteiger partial charge in [-0.25, -0.2) is 0 Å². The number of tetrazole rings is 1. The SMILES string of the molecule is CC(c1ccccc1Cl)N(Cc1nnnn1-c1ccccc1)C1CC1. The van der Waals surface area contributed by atoms with Crippen LogP contribution in [0.5, 0.6) is 0 Å². The summed E-state index contributed by atoms with van der Waals surface area (Å²) in [7, 11) is 0. The first kappa shape index (κ1) is 16.2. The summed E-state index contributed by atoms with van der Waals surface area (Å²) in [5, 5.41) is 13.1. The van der Waals surface area contributed by atoms with Gasteiger partial charge in [0, 0.05) is 17.1 Å². The minimum absolute atomic E-state index is 0.210. The lowest BCUT2D eigenvalue weighted by Crippen LogP contribution is -2.30. The summed E-state index contributed by atoms with van der Waals surface area (Å²) >= 11 is 6.43. The molecule has 6 heteroatoms. The summed E-state index contributed by atoms with van der Waals surface area (Å²) in [6.45, 7) is 2.90. The van der Waals surface area contributed by atoms with Gasteiger partial charge in [0.25, 0.3) is 0 Å². The average Bonchev–Trinajstić information content (AvgIpc) is 3.38. The molecule has 3 aromatic rings. The van der Waals surface area contributed by atoms with Crippen LogP contribution in [-0.4, -0.2) is 31.1 Å². The molecule has 1 aliphatic carbocycles. The molecule has 25 heavy (non-hydrogen) atoms. The van der Waals surface area contributed by atoms with Gasteiger partial charge in [0.15, 0.2) is 5.82 Å². The van der Waals surface area contributed by atoms with Crippen molar-refractivity contribution in [2.45, 2.75) is 38.4 Å². The average molecular weight is 354 g/mol. The first-order chi connectivity index (χ1) is 12.2. The number of halogens is 1. The molecule has 0 amide bonds. The number of benzene rings is 2. The number of hydrogen-bond donors (Lipinski definition) is 0. The molecule has 0 radical (unpaired) electrons. The van der Waals surface area contributed by atoms with Crippen LogP contribution in [0.25, 0.3) is 5.69 Å². The first-order valence-corrected chi connectivity index (χ1v) is 8.94. The molecule has 5 nitrogen and oxygen atoms in total. The molecule has 1 saturated carbocycles. The van der Waals surface area contributed by atoms with E-state index in [1.54, 1.807) is 0 Å². The molecule has 4 rings (SSSR count). The van der Waals surface area contributed by atoms with E-state index >= 15 is 0 Å². The van der Waals surface area contributed by atoms with Crippen molar-refractivity contribution >= 4 is 11.6 Å². The van der Waals surface area contributed by atoms with Crippen molar-refractivity contribution in [2.24, 2.45) is 0 Å². The Morgan fingerprint density at radius 1 is 1.12 bits per heavy atom. The molecule has 1 atom stereocenters. The highest BCUT2D eigenvalue weighted by Crippen LogP contribution is 2.37. The van der Waals surface area contributed by atoms with Crippen LogP contribution >= 0.6 is 11.6 Å². The highest BCUT2D eigenvalue weighted by atomic mass is 35.5. The van der Waals surface area contributed by atoms with Gasteiger partial charge in [-0.05, 0) is 54.0 Å². The van der Waals surface area contributed by atoms with Gasteiger partial charge in [-0.15, -0.1) is 5.10 Å². The molecule has 2 aromatic carbocycles. The smallest absolute Gasteiger partial charge is 0.170 e. The van der Waals surface area contributed by atoms with Gasteiger partial charge in [0.2, 0.25) is 0 Å². The van der Waals surface area contributed by atoms with Gasteiger partial charge >= 0.3 is 0 Å². The number of nitrogens with zero attached hydrogens (tertiary/aromatic N) is 5. The molecule has 0 aliphatic heterocycles. The van der Waals surface area contributed by atoms with Crippen molar-refractivity contribution in [1.29, 1.82) is 0 Å². The van der Waals surface area contributed by atoms with Gasteiger partial charge in [-0.1, -0.05) is 48.0 Å². The van der Waals surface area contributed by atoms with E-state index in [1.807, 2.05) is 53.2 Å². The number of aromatic nitrogens is 4. The Kier molecular flexibility index (Phi) is 4.51. The Bertz CT molecular complexity index is 844. The van der Waals surface area contributed by atoms with Crippen molar-refractivity contribution in [3.8, 4) is 5.69 Å². The van der Waals surface area contributed by atoms with Gasteiger partial charge in [0.05, 0.1) is 12.2 Å². The number of para-hydroxylation sites is 1. The largest absolute Gasteiger partial charge is 0.286 e.